The van der Waals surface area contributed by atoms with E-state index in [-0.39, 0.29) is 12.0 Å². The van der Waals surface area contributed by atoms with Crippen molar-refractivity contribution in [3.05, 3.63) is 0 Å². The predicted molar refractivity (Wildman–Crippen MR) is 73.4 cm³/mol. The summed E-state index contributed by atoms with van der Waals surface area (Å²) in [7, 11) is 0. The lowest BCUT2D eigenvalue weighted by Crippen LogP contribution is -2.39. The number of ether oxygens (including phenoxy) is 1. The second-order valence-corrected chi connectivity index (χ2v) is 6.10. The molecule has 0 radical (unpaired) electrons. The zero-order valence-electron chi connectivity index (χ0n) is 11.2. The van der Waals surface area contributed by atoms with Gasteiger partial charge < -0.3 is 10.1 Å². The van der Waals surface area contributed by atoms with E-state index in [1.807, 2.05) is 25.6 Å². The van der Waals surface area contributed by atoms with Crippen LogP contribution in [-0.4, -0.2) is 36.2 Å². The van der Waals surface area contributed by atoms with Gasteiger partial charge in [-0.1, -0.05) is 6.42 Å². The van der Waals surface area contributed by atoms with Crippen LogP contribution in [0.25, 0.3) is 0 Å². The van der Waals surface area contributed by atoms with E-state index in [1.165, 1.54) is 12.8 Å². The Hall–Kier alpha value is -0.220. The van der Waals surface area contributed by atoms with Gasteiger partial charge in [0.25, 0.3) is 0 Å². The Labute approximate surface area is 109 Å². The predicted octanol–water partition coefficient (Wildman–Crippen LogP) is 2.59. The molecule has 0 heterocycles. The summed E-state index contributed by atoms with van der Waals surface area (Å²) >= 11 is 1.92. The van der Waals surface area contributed by atoms with Gasteiger partial charge in [-0.3, -0.25) is 4.79 Å². The molecule has 1 fully saturated rings. The molecule has 1 aliphatic rings. The van der Waals surface area contributed by atoms with Crippen molar-refractivity contribution < 1.29 is 9.53 Å². The summed E-state index contributed by atoms with van der Waals surface area (Å²) in [6.07, 6.45) is 7.64. The van der Waals surface area contributed by atoms with Gasteiger partial charge in [-0.15, -0.1) is 0 Å². The largest absolute Gasteiger partial charge is 0.378 e. The molecule has 0 aromatic carbocycles. The molecule has 0 aromatic heterocycles. The number of carbonyl (C=O) groups excluding carboxylic acids is 1. The van der Waals surface area contributed by atoms with Crippen molar-refractivity contribution in [1.29, 1.82) is 0 Å². The fourth-order valence-electron chi connectivity index (χ4n) is 2.18. The van der Waals surface area contributed by atoms with Gasteiger partial charge in [0, 0.05) is 17.7 Å². The standard InChI is InChI=1S/C13H25NO2S/c1-10(2)16-8-7-13(15)14-11-5-4-6-12(9-11)17-3/h10-12H,4-9H2,1-3H3,(H,14,15). The van der Waals surface area contributed by atoms with Crippen LogP contribution < -0.4 is 5.32 Å². The zero-order chi connectivity index (χ0) is 12.7. The first-order valence-electron chi connectivity index (χ1n) is 6.55. The maximum atomic E-state index is 11.7. The second-order valence-electron chi connectivity index (χ2n) is 4.96. The van der Waals surface area contributed by atoms with Gasteiger partial charge in [0.1, 0.15) is 0 Å². The molecular formula is C13H25NO2S. The Morgan fingerprint density at radius 2 is 2.24 bits per heavy atom. The molecule has 0 spiro atoms. The van der Waals surface area contributed by atoms with Crippen LogP contribution in [0.5, 0.6) is 0 Å². The Kier molecular flexibility index (Phi) is 6.97. The Bertz CT molecular complexity index is 233. The molecule has 0 aromatic rings. The Balaban J connectivity index is 2.17. The van der Waals surface area contributed by atoms with Gasteiger partial charge in [0.15, 0.2) is 0 Å². The summed E-state index contributed by atoms with van der Waals surface area (Å²) in [4.78, 5) is 11.7. The lowest BCUT2D eigenvalue weighted by Gasteiger charge is -2.28. The van der Waals surface area contributed by atoms with E-state index in [2.05, 4.69) is 11.6 Å². The monoisotopic (exact) mass is 259 g/mol. The number of nitrogens with one attached hydrogen (secondary N) is 1. The van der Waals surface area contributed by atoms with E-state index in [9.17, 15) is 4.79 Å². The van der Waals surface area contributed by atoms with Gasteiger partial charge in [-0.2, -0.15) is 11.8 Å². The van der Waals surface area contributed by atoms with Crippen molar-refractivity contribution in [2.45, 2.75) is 63.3 Å². The third kappa shape index (κ3) is 6.32. The lowest BCUT2D eigenvalue weighted by atomic mass is 9.95. The Morgan fingerprint density at radius 3 is 2.88 bits per heavy atom. The molecule has 1 N–H and O–H groups in total. The SMILES string of the molecule is CSC1CCCC(NC(=O)CCOC(C)C)C1. The van der Waals surface area contributed by atoms with Crippen molar-refractivity contribution in [3.63, 3.8) is 0 Å². The van der Waals surface area contributed by atoms with Crippen LogP contribution in [0.15, 0.2) is 0 Å². The van der Waals surface area contributed by atoms with Crippen molar-refractivity contribution in [2.24, 2.45) is 0 Å². The van der Waals surface area contributed by atoms with E-state index < -0.39 is 0 Å². The molecule has 1 saturated carbocycles. The molecule has 1 aliphatic carbocycles. The van der Waals surface area contributed by atoms with Crippen molar-refractivity contribution in [2.75, 3.05) is 12.9 Å². The highest BCUT2D eigenvalue weighted by Gasteiger charge is 2.22. The minimum Gasteiger partial charge on any atom is -0.378 e. The fourth-order valence-corrected chi connectivity index (χ4v) is 3.00. The van der Waals surface area contributed by atoms with Crippen LogP contribution in [0.1, 0.15) is 46.0 Å². The minimum atomic E-state index is 0.136. The highest BCUT2D eigenvalue weighted by molar-refractivity contribution is 7.99. The van der Waals surface area contributed by atoms with Gasteiger partial charge in [-0.25, -0.2) is 0 Å². The first-order valence-corrected chi connectivity index (χ1v) is 7.84. The molecule has 1 amide bonds. The maximum absolute atomic E-state index is 11.7. The van der Waals surface area contributed by atoms with E-state index >= 15 is 0 Å². The first kappa shape index (κ1) is 14.8. The molecule has 2 unspecified atom stereocenters. The summed E-state index contributed by atoms with van der Waals surface area (Å²) < 4.78 is 5.38. The molecular weight excluding hydrogens is 234 g/mol. The molecule has 100 valence electrons. The number of hydrogen-bond donors (Lipinski definition) is 1. The Morgan fingerprint density at radius 1 is 1.47 bits per heavy atom. The highest BCUT2D eigenvalue weighted by atomic mass is 32.2. The molecule has 2 atom stereocenters. The summed E-state index contributed by atoms with van der Waals surface area (Å²) in [5, 5.41) is 3.85. The molecule has 1 rings (SSSR count). The fraction of sp³-hybridized carbons (Fsp3) is 0.923. The van der Waals surface area contributed by atoms with Crippen LogP contribution >= 0.6 is 11.8 Å². The van der Waals surface area contributed by atoms with Crippen molar-refractivity contribution in [3.8, 4) is 0 Å². The average molecular weight is 259 g/mol. The smallest absolute Gasteiger partial charge is 0.222 e. The molecule has 0 saturated heterocycles. The minimum absolute atomic E-state index is 0.136. The van der Waals surface area contributed by atoms with E-state index in [1.54, 1.807) is 0 Å². The number of thioether (sulfide) groups is 1. The highest BCUT2D eigenvalue weighted by Crippen LogP contribution is 2.26. The summed E-state index contributed by atoms with van der Waals surface area (Å²) in [5.41, 5.74) is 0. The normalized spacial score (nSPS) is 24.9. The number of carbonyl (C=O) groups is 1. The number of amides is 1. The quantitative estimate of drug-likeness (QED) is 0.797. The first-order chi connectivity index (χ1) is 8.11. The molecule has 0 bridgehead atoms. The van der Waals surface area contributed by atoms with E-state index in [0.717, 1.165) is 18.1 Å². The number of rotatable bonds is 6. The van der Waals surface area contributed by atoms with Gasteiger partial charge in [0.05, 0.1) is 12.7 Å². The van der Waals surface area contributed by atoms with Crippen LogP contribution in [0, 0.1) is 0 Å². The number of hydrogen-bond acceptors (Lipinski definition) is 3. The third-order valence-corrected chi connectivity index (χ3v) is 4.20. The van der Waals surface area contributed by atoms with E-state index in [0.29, 0.717) is 19.1 Å². The molecule has 3 nitrogen and oxygen atoms in total. The van der Waals surface area contributed by atoms with Crippen LogP contribution in [0.4, 0.5) is 0 Å². The summed E-state index contributed by atoms with van der Waals surface area (Å²) in [5.74, 6) is 0.136. The molecule has 4 heteroatoms. The third-order valence-electron chi connectivity index (χ3n) is 3.10. The second kappa shape index (κ2) is 7.98. The van der Waals surface area contributed by atoms with Gasteiger partial charge in [0.2, 0.25) is 5.91 Å². The maximum Gasteiger partial charge on any atom is 0.222 e. The topological polar surface area (TPSA) is 38.3 Å². The lowest BCUT2D eigenvalue weighted by molar-refractivity contribution is -0.123. The van der Waals surface area contributed by atoms with Crippen molar-refractivity contribution >= 4 is 17.7 Å². The van der Waals surface area contributed by atoms with E-state index in [4.69, 9.17) is 4.74 Å². The van der Waals surface area contributed by atoms with Crippen LogP contribution in [-0.2, 0) is 9.53 Å². The van der Waals surface area contributed by atoms with Crippen LogP contribution in [0.2, 0.25) is 0 Å². The summed E-state index contributed by atoms with van der Waals surface area (Å²) in [6, 6.07) is 0.382. The van der Waals surface area contributed by atoms with Crippen molar-refractivity contribution in [1.82, 2.24) is 5.32 Å². The average Bonchev–Trinajstić information content (AvgIpc) is 2.28. The molecule has 0 aliphatic heterocycles. The zero-order valence-corrected chi connectivity index (χ0v) is 12.0. The van der Waals surface area contributed by atoms with Gasteiger partial charge in [-0.05, 0) is 39.4 Å². The summed E-state index contributed by atoms with van der Waals surface area (Å²) in [6.45, 7) is 4.51. The van der Waals surface area contributed by atoms with Gasteiger partial charge >= 0.3 is 0 Å². The van der Waals surface area contributed by atoms with Crippen LogP contribution in [0.3, 0.4) is 0 Å². The molecule has 17 heavy (non-hydrogen) atoms.